The third-order valence-electron chi connectivity index (χ3n) is 5.10. The van der Waals surface area contributed by atoms with Gasteiger partial charge in [0.1, 0.15) is 0 Å². The van der Waals surface area contributed by atoms with E-state index in [1.165, 1.54) is 12.1 Å². The third kappa shape index (κ3) is 4.15. The quantitative estimate of drug-likeness (QED) is 0.302. The average Bonchev–Trinajstić information content (AvgIpc) is 2.81. The lowest BCUT2D eigenvalue weighted by Crippen LogP contribution is -2.27. The fourth-order valence-electron chi connectivity index (χ4n) is 3.54. The molecule has 1 heterocycles. The Labute approximate surface area is 183 Å². The van der Waals surface area contributed by atoms with Gasteiger partial charge in [-0.1, -0.05) is 48.5 Å². The molecule has 0 atom stereocenters. The highest BCUT2D eigenvalue weighted by atomic mass is 16.6. The maximum Gasteiger partial charge on any atom is 0.283 e. The Morgan fingerprint density at radius 1 is 0.906 bits per heavy atom. The standard InChI is InChI=1S/C24H17N3O5/c28-24(17-6-2-1-3-7-17)16-25-13-12-18(21-8-4-5-9-22(21)25)14-19-10-11-20(26(29)30)15-23(19)27(31)32/h1-15H,16H2. The van der Waals surface area contributed by atoms with E-state index < -0.39 is 9.85 Å². The fourth-order valence-corrected chi connectivity index (χ4v) is 3.54. The molecule has 1 aliphatic rings. The van der Waals surface area contributed by atoms with Gasteiger partial charge in [-0.05, 0) is 29.9 Å². The second kappa shape index (κ2) is 8.65. The Kier molecular flexibility index (Phi) is 5.59. The molecule has 0 saturated heterocycles. The van der Waals surface area contributed by atoms with E-state index in [0.29, 0.717) is 11.1 Å². The van der Waals surface area contributed by atoms with E-state index in [2.05, 4.69) is 0 Å². The number of anilines is 1. The number of fused-ring (bicyclic) bond motifs is 1. The molecular formula is C24H17N3O5. The van der Waals surface area contributed by atoms with E-state index in [-0.39, 0.29) is 29.3 Å². The van der Waals surface area contributed by atoms with E-state index in [0.717, 1.165) is 17.3 Å². The third-order valence-corrected chi connectivity index (χ3v) is 5.10. The van der Waals surface area contributed by atoms with Crippen molar-refractivity contribution in [2.75, 3.05) is 11.4 Å². The van der Waals surface area contributed by atoms with Crippen molar-refractivity contribution in [3.05, 3.63) is 122 Å². The molecule has 0 aliphatic carbocycles. The molecule has 0 spiro atoms. The number of para-hydroxylation sites is 1. The van der Waals surface area contributed by atoms with Crippen LogP contribution in [0, 0.1) is 20.2 Å². The zero-order chi connectivity index (χ0) is 22.7. The maximum absolute atomic E-state index is 12.7. The minimum atomic E-state index is -0.665. The lowest BCUT2D eigenvalue weighted by atomic mass is 9.96. The van der Waals surface area contributed by atoms with Crippen LogP contribution in [-0.2, 0) is 0 Å². The van der Waals surface area contributed by atoms with Gasteiger partial charge in [0, 0.05) is 29.1 Å². The zero-order valence-electron chi connectivity index (χ0n) is 16.8. The smallest absolute Gasteiger partial charge is 0.283 e. The number of carbonyl (C=O) groups is 1. The summed E-state index contributed by atoms with van der Waals surface area (Å²) in [5, 5.41) is 22.5. The Hall–Kier alpha value is -4.59. The number of carbonyl (C=O) groups excluding carboxylic acids is 1. The van der Waals surface area contributed by atoms with Crippen molar-refractivity contribution in [1.29, 1.82) is 0 Å². The summed E-state index contributed by atoms with van der Waals surface area (Å²) in [6.07, 6.45) is 5.14. The van der Waals surface area contributed by atoms with Gasteiger partial charge in [-0.3, -0.25) is 25.0 Å². The highest BCUT2D eigenvalue weighted by molar-refractivity contribution is 6.02. The molecule has 3 aromatic rings. The summed E-state index contributed by atoms with van der Waals surface area (Å²) >= 11 is 0. The molecule has 0 unspecified atom stereocenters. The van der Waals surface area contributed by atoms with Crippen molar-refractivity contribution in [1.82, 2.24) is 0 Å². The number of ketones is 1. The van der Waals surface area contributed by atoms with E-state index >= 15 is 0 Å². The molecule has 0 bridgehead atoms. The second-order valence-electron chi connectivity index (χ2n) is 7.11. The number of nitrogens with zero attached hydrogens (tertiary/aromatic N) is 3. The summed E-state index contributed by atoms with van der Waals surface area (Å²) in [4.78, 5) is 35.7. The van der Waals surface area contributed by atoms with Crippen molar-refractivity contribution in [2.24, 2.45) is 0 Å². The monoisotopic (exact) mass is 427 g/mol. The first-order valence-corrected chi connectivity index (χ1v) is 9.71. The van der Waals surface area contributed by atoms with Gasteiger partial charge in [0.15, 0.2) is 5.78 Å². The minimum absolute atomic E-state index is 0.0384. The van der Waals surface area contributed by atoms with Crippen molar-refractivity contribution in [3.8, 4) is 0 Å². The first-order chi connectivity index (χ1) is 15.4. The summed E-state index contributed by atoms with van der Waals surface area (Å²) in [6, 6.07) is 20.0. The van der Waals surface area contributed by atoms with E-state index in [4.69, 9.17) is 0 Å². The van der Waals surface area contributed by atoms with E-state index in [1.54, 1.807) is 30.5 Å². The highest BCUT2D eigenvalue weighted by Gasteiger charge is 2.22. The largest absolute Gasteiger partial charge is 0.340 e. The molecule has 0 N–H and O–H groups in total. The average molecular weight is 427 g/mol. The first kappa shape index (κ1) is 20.7. The molecule has 0 saturated carbocycles. The van der Waals surface area contributed by atoms with Crippen LogP contribution in [0.2, 0.25) is 0 Å². The van der Waals surface area contributed by atoms with Crippen LogP contribution < -0.4 is 4.90 Å². The molecule has 158 valence electrons. The Balaban J connectivity index is 1.70. The normalized spacial score (nSPS) is 13.6. The number of benzene rings is 3. The number of hydrogen-bond donors (Lipinski definition) is 0. The minimum Gasteiger partial charge on any atom is -0.340 e. The van der Waals surface area contributed by atoms with Crippen molar-refractivity contribution < 1.29 is 14.6 Å². The van der Waals surface area contributed by atoms with Gasteiger partial charge in [-0.15, -0.1) is 0 Å². The van der Waals surface area contributed by atoms with Crippen molar-refractivity contribution >= 4 is 34.5 Å². The van der Waals surface area contributed by atoms with Crippen LogP contribution in [0.3, 0.4) is 0 Å². The number of nitro benzene ring substituents is 2. The molecule has 0 radical (unpaired) electrons. The number of rotatable bonds is 6. The van der Waals surface area contributed by atoms with Crippen LogP contribution in [0.25, 0.3) is 11.6 Å². The predicted molar refractivity (Wildman–Crippen MR) is 121 cm³/mol. The van der Waals surface area contributed by atoms with Crippen LogP contribution in [0.4, 0.5) is 17.1 Å². The molecule has 0 fully saturated rings. The van der Waals surface area contributed by atoms with Crippen LogP contribution in [0.5, 0.6) is 0 Å². The van der Waals surface area contributed by atoms with Gasteiger partial charge in [-0.25, -0.2) is 0 Å². The van der Waals surface area contributed by atoms with Gasteiger partial charge in [0.2, 0.25) is 0 Å². The zero-order valence-corrected chi connectivity index (χ0v) is 16.8. The molecule has 3 aromatic carbocycles. The summed E-state index contributed by atoms with van der Waals surface area (Å²) < 4.78 is 0. The molecule has 0 aromatic heterocycles. The molecule has 8 nitrogen and oxygen atoms in total. The van der Waals surface area contributed by atoms with Crippen molar-refractivity contribution in [2.45, 2.75) is 0 Å². The van der Waals surface area contributed by atoms with Gasteiger partial charge in [0.05, 0.1) is 28.0 Å². The van der Waals surface area contributed by atoms with Crippen LogP contribution in [0.15, 0.2) is 85.1 Å². The first-order valence-electron chi connectivity index (χ1n) is 9.71. The Bertz CT molecular complexity index is 1280. The van der Waals surface area contributed by atoms with Crippen LogP contribution in [-0.4, -0.2) is 22.2 Å². The Morgan fingerprint density at radius 3 is 2.34 bits per heavy atom. The van der Waals surface area contributed by atoms with Gasteiger partial charge < -0.3 is 4.90 Å². The summed E-state index contributed by atoms with van der Waals surface area (Å²) in [7, 11) is 0. The number of non-ortho nitro benzene ring substituents is 1. The molecule has 1 aliphatic heterocycles. The lowest BCUT2D eigenvalue weighted by molar-refractivity contribution is -0.394. The molecular weight excluding hydrogens is 410 g/mol. The van der Waals surface area contributed by atoms with Crippen molar-refractivity contribution in [3.63, 3.8) is 0 Å². The fraction of sp³-hybridized carbons (Fsp3) is 0.0417. The van der Waals surface area contributed by atoms with Gasteiger partial charge in [0.25, 0.3) is 11.4 Å². The highest BCUT2D eigenvalue weighted by Crippen LogP contribution is 2.36. The van der Waals surface area contributed by atoms with Crippen LogP contribution in [0.1, 0.15) is 21.5 Å². The van der Waals surface area contributed by atoms with Gasteiger partial charge in [-0.2, -0.15) is 0 Å². The summed E-state index contributed by atoms with van der Waals surface area (Å²) in [5.74, 6) is -0.0384. The summed E-state index contributed by atoms with van der Waals surface area (Å²) in [5.41, 5.74) is 2.45. The van der Waals surface area contributed by atoms with E-state index in [1.807, 2.05) is 47.4 Å². The summed E-state index contributed by atoms with van der Waals surface area (Å²) in [6.45, 7) is 0.141. The topological polar surface area (TPSA) is 107 Å². The lowest BCUT2D eigenvalue weighted by Gasteiger charge is -2.27. The SMILES string of the molecule is O=C(CN1C=CC(=Cc2ccc([N+](=O)[O-])cc2[N+](=O)[O-])c2ccccc21)c1ccccc1. The van der Waals surface area contributed by atoms with E-state index in [9.17, 15) is 25.0 Å². The molecule has 8 heteroatoms. The molecule has 0 amide bonds. The molecule has 4 rings (SSSR count). The van der Waals surface area contributed by atoms with Crippen LogP contribution >= 0.6 is 0 Å². The Morgan fingerprint density at radius 2 is 1.62 bits per heavy atom. The number of allylic oxidation sites excluding steroid dienone is 2. The maximum atomic E-state index is 12.7. The number of nitro groups is 2. The number of hydrogen-bond acceptors (Lipinski definition) is 6. The predicted octanol–water partition coefficient (Wildman–Crippen LogP) is 5.26. The van der Waals surface area contributed by atoms with Gasteiger partial charge >= 0.3 is 0 Å². The second-order valence-corrected chi connectivity index (χ2v) is 7.11. The number of Topliss-reactive ketones (excluding diaryl/α,β-unsaturated/α-hetero) is 1. The molecule has 32 heavy (non-hydrogen) atoms.